The number of carbonyl (C=O) groups excluding carboxylic acids is 1. The van der Waals surface area contributed by atoms with Gasteiger partial charge in [0, 0.05) is 17.8 Å². The minimum atomic E-state index is -1.26. The Labute approximate surface area is 191 Å². The van der Waals surface area contributed by atoms with Crippen LogP contribution >= 0.6 is 23.2 Å². The summed E-state index contributed by atoms with van der Waals surface area (Å²) in [4.78, 5) is 28.4. The first-order chi connectivity index (χ1) is 15.3. The number of nitrogens with one attached hydrogen (secondary N) is 1. The summed E-state index contributed by atoms with van der Waals surface area (Å²) in [6, 6.07) is 15.2. The van der Waals surface area contributed by atoms with Crippen LogP contribution in [0.2, 0.25) is 10.0 Å². The van der Waals surface area contributed by atoms with Crippen LogP contribution in [0.4, 0.5) is 10.2 Å². The van der Waals surface area contributed by atoms with Crippen molar-refractivity contribution >= 4 is 40.9 Å². The number of para-hydroxylation sites is 1. The first kappa shape index (κ1) is 21.5. The molecule has 7 nitrogen and oxygen atoms in total. The molecule has 2 aromatic carbocycles. The summed E-state index contributed by atoms with van der Waals surface area (Å²) in [6.07, 6.45) is 1.40. The second kappa shape index (κ2) is 8.78. The van der Waals surface area contributed by atoms with E-state index in [2.05, 4.69) is 15.4 Å². The molecule has 32 heavy (non-hydrogen) atoms. The Balaban J connectivity index is 1.75. The van der Waals surface area contributed by atoms with E-state index in [-0.39, 0.29) is 38.4 Å². The summed E-state index contributed by atoms with van der Waals surface area (Å²) in [5.74, 6) is -2.43. The molecule has 0 aliphatic carbocycles. The normalized spacial score (nSPS) is 10.7. The summed E-state index contributed by atoms with van der Waals surface area (Å²) >= 11 is 12.4. The van der Waals surface area contributed by atoms with Gasteiger partial charge < -0.3 is 10.4 Å². The maximum absolute atomic E-state index is 14.2. The van der Waals surface area contributed by atoms with Crippen LogP contribution in [0.1, 0.15) is 20.8 Å². The van der Waals surface area contributed by atoms with Gasteiger partial charge in [-0.2, -0.15) is 5.10 Å². The van der Waals surface area contributed by atoms with E-state index in [1.54, 1.807) is 30.3 Å². The predicted molar refractivity (Wildman–Crippen MR) is 118 cm³/mol. The number of amides is 1. The largest absolute Gasteiger partial charge is 0.476 e. The highest BCUT2D eigenvalue weighted by Gasteiger charge is 2.21. The van der Waals surface area contributed by atoms with E-state index in [4.69, 9.17) is 23.2 Å². The van der Waals surface area contributed by atoms with E-state index in [9.17, 15) is 19.1 Å². The van der Waals surface area contributed by atoms with Gasteiger partial charge in [0.05, 0.1) is 21.3 Å². The van der Waals surface area contributed by atoms with Gasteiger partial charge in [0.25, 0.3) is 5.91 Å². The zero-order valence-corrected chi connectivity index (χ0v) is 17.6. The molecular formula is C22H13Cl2FN4O3. The minimum Gasteiger partial charge on any atom is -0.476 e. The molecule has 2 N–H and O–H groups in total. The number of hydrogen-bond donors (Lipinski definition) is 2. The number of pyridine rings is 1. The van der Waals surface area contributed by atoms with Crippen LogP contribution in [0.3, 0.4) is 0 Å². The average Bonchev–Trinajstić information content (AvgIpc) is 3.19. The zero-order chi connectivity index (χ0) is 22.8. The SMILES string of the molecule is O=C(O)c1cc(NC(=O)c2cc(-c3ncccc3F)c(Cl)cc2Cl)n(-c2ccccc2)n1. The molecule has 0 atom stereocenters. The number of anilines is 1. The molecule has 4 rings (SSSR count). The van der Waals surface area contributed by atoms with Gasteiger partial charge in [-0.3, -0.25) is 9.78 Å². The van der Waals surface area contributed by atoms with Crippen molar-refractivity contribution < 1.29 is 19.1 Å². The van der Waals surface area contributed by atoms with Gasteiger partial charge in [-0.1, -0.05) is 41.4 Å². The van der Waals surface area contributed by atoms with Crippen molar-refractivity contribution in [1.29, 1.82) is 0 Å². The number of carboxylic acid groups (broad SMARTS) is 1. The lowest BCUT2D eigenvalue weighted by Gasteiger charge is -2.12. The van der Waals surface area contributed by atoms with Crippen molar-refractivity contribution in [2.75, 3.05) is 5.32 Å². The Morgan fingerprint density at radius 2 is 1.75 bits per heavy atom. The molecule has 4 aromatic rings. The number of aromatic nitrogens is 3. The van der Waals surface area contributed by atoms with Gasteiger partial charge in [0.1, 0.15) is 17.3 Å². The minimum absolute atomic E-state index is 0.00573. The van der Waals surface area contributed by atoms with Crippen molar-refractivity contribution in [1.82, 2.24) is 14.8 Å². The monoisotopic (exact) mass is 470 g/mol. The first-order valence-electron chi connectivity index (χ1n) is 9.15. The van der Waals surface area contributed by atoms with Crippen molar-refractivity contribution in [3.8, 4) is 16.9 Å². The maximum Gasteiger partial charge on any atom is 0.356 e. The number of benzene rings is 2. The lowest BCUT2D eigenvalue weighted by molar-refractivity contribution is 0.0689. The van der Waals surface area contributed by atoms with Crippen molar-refractivity contribution in [2.45, 2.75) is 0 Å². The first-order valence-corrected chi connectivity index (χ1v) is 9.91. The van der Waals surface area contributed by atoms with Crippen LogP contribution in [0.5, 0.6) is 0 Å². The molecule has 0 aliphatic rings. The number of carbonyl (C=O) groups is 2. The average molecular weight is 471 g/mol. The summed E-state index contributed by atoms with van der Waals surface area (Å²) in [5.41, 5.74) is 0.415. The second-order valence-corrected chi connectivity index (χ2v) is 7.38. The molecule has 0 bridgehead atoms. The topological polar surface area (TPSA) is 97.1 Å². The Hall–Kier alpha value is -3.75. The summed E-state index contributed by atoms with van der Waals surface area (Å²) in [5, 5.41) is 16.1. The second-order valence-electron chi connectivity index (χ2n) is 6.57. The highest BCUT2D eigenvalue weighted by atomic mass is 35.5. The molecule has 0 spiro atoms. The van der Waals surface area contributed by atoms with Crippen molar-refractivity contribution in [2.24, 2.45) is 0 Å². The van der Waals surface area contributed by atoms with E-state index in [0.29, 0.717) is 5.69 Å². The Bertz CT molecular complexity index is 1340. The van der Waals surface area contributed by atoms with Gasteiger partial charge in [-0.25, -0.2) is 13.9 Å². The van der Waals surface area contributed by atoms with E-state index >= 15 is 0 Å². The molecule has 0 fully saturated rings. The third-order valence-electron chi connectivity index (χ3n) is 4.49. The van der Waals surface area contributed by atoms with Gasteiger partial charge in [0.2, 0.25) is 0 Å². The number of nitrogens with zero attached hydrogens (tertiary/aromatic N) is 3. The van der Waals surface area contributed by atoms with Crippen LogP contribution in [0.15, 0.2) is 66.9 Å². The Morgan fingerprint density at radius 3 is 2.44 bits per heavy atom. The molecule has 160 valence electrons. The number of hydrogen-bond acceptors (Lipinski definition) is 4. The van der Waals surface area contributed by atoms with Gasteiger partial charge in [0.15, 0.2) is 5.69 Å². The highest BCUT2D eigenvalue weighted by molar-refractivity contribution is 6.38. The lowest BCUT2D eigenvalue weighted by atomic mass is 10.1. The summed E-state index contributed by atoms with van der Waals surface area (Å²) in [6.45, 7) is 0. The zero-order valence-electron chi connectivity index (χ0n) is 16.1. The van der Waals surface area contributed by atoms with Crippen molar-refractivity contribution in [3.05, 3.63) is 94.0 Å². The van der Waals surface area contributed by atoms with Crippen LogP contribution in [0, 0.1) is 5.82 Å². The van der Waals surface area contributed by atoms with Gasteiger partial charge in [-0.05, 0) is 36.4 Å². The molecule has 0 saturated carbocycles. The fourth-order valence-electron chi connectivity index (χ4n) is 3.01. The molecule has 1 amide bonds. The van der Waals surface area contributed by atoms with E-state index in [1.165, 1.54) is 41.2 Å². The van der Waals surface area contributed by atoms with Gasteiger partial charge in [-0.15, -0.1) is 0 Å². The molecule has 0 aliphatic heterocycles. The number of carboxylic acids is 1. The van der Waals surface area contributed by atoms with Crippen LogP contribution in [0.25, 0.3) is 16.9 Å². The summed E-state index contributed by atoms with van der Waals surface area (Å²) < 4.78 is 15.5. The van der Waals surface area contributed by atoms with Gasteiger partial charge >= 0.3 is 5.97 Å². The highest BCUT2D eigenvalue weighted by Crippen LogP contribution is 2.33. The standard InChI is InChI=1S/C22H13Cl2FN4O3/c23-15-10-16(24)14(9-13(15)20-17(25)7-4-8-26-20)21(30)27-19-11-18(22(31)32)28-29(19)12-5-2-1-3-6-12/h1-11H,(H,27,30)(H,31,32). The smallest absolute Gasteiger partial charge is 0.356 e. The number of rotatable bonds is 5. The van der Waals surface area contributed by atoms with E-state index in [0.717, 1.165) is 0 Å². The Morgan fingerprint density at radius 1 is 1.00 bits per heavy atom. The fraction of sp³-hybridized carbons (Fsp3) is 0. The molecule has 2 heterocycles. The molecular weight excluding hydrogens is 458 g/mol. The van der Waals surface area contributed by atoms with Crippen LogP contribution < -0.4 is 5.32 Å². The Kier molecular flexibility index (Phi) is 5.89. The summed E-state index contributed by atoms with van der Waals surface area (Å²) in [7, 11) is 0. The van der Waals surface area contributed by atoms with Crippen LogP contribution in [-0.4, -0.2) is 31.7 Å². The predicted octanol–water partition coefficient (Wildman–Crippen LogP) is 5.33. The van der Waals surface area contributed by atoms with Crippen molar-refractivity contribution in [3.63, 3.8) is 0 Å². The lowest BCUT2D eigenvalue weighted by Crippen LogP contribution is -2.16. The maximum atomic E-state index is 14.2. The fourth-order valence-corrected chi connectivity index (χ4v) is 3.57. The van der Waals surface area contributed by atoms with Crippen LogP contribution in [-0.2, 0) is 0 Å². The third-order valence-corrected chi connectivity index (χ3v) is 5.11. The molecule has 0 radical (unpaired) electrons. The third kappa shape index (κ3) is 4.18. The van der Waals surface area contributed by atoms with E-state index < -0.39 is 17.7 Å². The molecule has 0 unspecified atom stereocenters. The quantitative estimate of drug-likeness (QED) is 0.410. The molecule has 2 aromatic heterocycles. The molecule has 10 heteroatoms. The number of aromatic carboxylic acids is 1. The van der Waals surface area contributed by atoms with E-state index in [1.807, 2.05) is 0 Å². The number of halogens is 3. The molecule has 0 saturated heterocycles.